The van der Waals surface area contributed by atoms with Crippen molar-refractivity contribution in [1.82, 2.24) is 4.98 Å². The molecule has 2 aromatic heterocycles. The van der Waals surface area contributed by atoms with Crippen LogP contribution in [-0.4, -0.2) is 10.9 Å². The topological polar surface area (TPSA) is 81.1 Å². The molecule has 3 rings (SSSR count). The van der Waals surface area contributed by atoms with Gasteiger partial charge in [-0.15, -0.1) is 12.4 Å². The van der Waals surface area contributed by atoms with Gasteiger partial charge in [0.15, 0.2) is 5.76 Å². The lowest BCUT2D eigenvalue weighted by atomic mass is 10.2. The Morgan fingerprint density at radius 2 is 2.00 bits per heavy atom. The van der Waals surface area contributed by atoms with Crippen molar-refractivity contribution < 1.29 is 9.21 Å². The normalized spacial score (nSPS) is 10.0. The molecule has 0 saturated carbocycles. The largest absolute Gasteiger partial charge is 0.451 e. The summed E-state index contributed by atoms with van der Waals surface area (Å²) in [5, 5.41) is 3.59. The van der Waals surface area contributed by atoms with E-state index in [1.54, 1.807) is 18.2 Å². The Morgan fingerprint density at radius 1 is 1.20 bits per heavy atom. The van der Waals surface area contributed by atoms with E-state index in [-0.39, 0.29) is 24.1 Å². The molecule has 0 fully saturated rings. The number of fused-ring (bicyclic) bond motifs is 1. The Labute approximate surface area is 121 Å². The van der Waals surface area contributed by atoms with Gasteiger partial charge in [0.2, 0.25) is 0 Å². The predicted molar refractivity (Wildman–Crippen MR) is 80.1 cm³/mol. The van der Waals surface area contributed by atoms with Gasteiger partial charge in [0, 0.05) is 5.39 Å². The summed E-state index contributed by atoms with van der Waals surface area (Å²) in [6, 6.07) is 12.5. The van der Waals surface area contributed by atoms with E-state index in [0.29, 0.717) is 17.1 Å². The van der Waals surface area contributed by atoms with Crippen LogP contribution >= 0.6 is 12.4 Å². The molecule has 0 aliphatic heterocycles. The van der Waals surface area contributed by atoms with Gasteiger partial charge in [0.25, 0.3) is 5.91 Å². The molecule has 0 spiro atoms. The van der Waals surface area contributed by atoms with E-state index in [2.05, 4.69) is 10.3 Å². The zero-order valence-corrected chi connectivity index (χ0v) is 11.2. The Balaban J connectivity index is 0.00000147. The summed E-state index contributed by atoms with van der Waals surface area (Å²) in [6.07, 6.45) is 1.50. The second-order valence-electron chi connectivity index (χ2n) is 4.07. The van der Waals surface area contributed by atoms with Crippen molar-refractivity contribution in [3.63, 3.8) is 0 Å². The second kappa shape index (κ2) is 5.63. The summed E-state index contributed by atoms with van der Waals surface area (Å²) in [5.74, 6) is 0.350. The zero-order chi connectivity index (χ0) is 13.2. The fourth-order valence-electron chi connectivity index (χ4n) is 1.77. The first-order chi connectivity index (χ1) is 9.22. The maximum atomic E-state index is 12.0. The van der Waals surface area contributed by atoms with Gasteiger partial charge < -0.3 is 15.5 Å². The second-order valence-corrected chi connectivity index (χ2v) is 4.07. The number of para-hydroxylation sites is 1. The molecular formula is C14H12ClN3O2. The molecule has 1 aromatic carbocycles. The molecule has 0 saturated heterocycles. The number of benzene rings is 1. The minimum atomic E-state index is -0.317. The minimum absolute atomic E-state index is 0. The fraction of sp³-hybridized carbons (Fsp3) is 0. The van der Waals surface area contributed by atoms with Gasteiger partial charge in [-0.25, -0.2) is 4.98 Å². The highest BCUT2D eigenvalue weighted by molar-refractivity contribution is 6.04. The van der Waals surface area contributed by atoms with Gasteiger partial charge in [0.05, 0.1) is 11.9 Å². The number of rotatable bonds is 2. The number of amides is 1. The first-order valence-corrected chi connectivity index (χ1v) is 5.74. The summed E-state index contributed by atoms with van der Waals surface area (Å²) in [7, 11) is 0. The van der Waals surface area contributed by atoms with Crippen molar-refractivity contribution in [3.8, 4) is 0 Å². The molecule has 102 valence electrons. The standard InChI is InChI=1S/C14H11N3O2.ClH/c15-13-6-5-10(8-16-13)17-14(18)12-7-9-3-1-2-4-11(9)19-12;/h1-8H,(H2,15,16)(H,17,18);1H. The van der Waals surface area contributed by atoms with Crippen LogP contribution in [0.25, 0.3) is 11.0 Å². The van der Waals surface area contributed by atoms with E-state index in [0.717, 1.165) is 5.39 Å². The number of nitrogens with two attached hydrogens (primary N) is 1. The van der Waals surface area contributed by atoms with Crippen LogP contribution in [0.2, 0.25) is 0 Å². The monoisotopic (exact) mass is 289 g/mol. The van der Waals surface area contributed by atoms with Gasteiger partial charge >= 0.3 is 0 Å². The first-order valence-electron chi connectivity index (χ1n) is 5.74. The van der Waals surface area contributed by atoms with Crippen molar-refractivity contribution >= 4 is 40.8 Å². The van der Waals surface area contributed by atoms with E-state index in [4.69, 9.17) is 10.2 Å². The molecule has 0 unspecified atom stereocenters. The number of pyridine rings is 1. The van der Waals surface area contributed by atoms with Gasteiger partial charge in [-0.2, -0.15) is 0 Å². The van der Waals surface area contributed by atoms with Crippen LogP contribution in [0.1, 0.15) is 10.6 Å². The van der Waals surface area contributed by atoms with Crippen molar-refractivity contribution in [2.45, 2.75) is 0 Å². The first kappa shape index (κ1) is 13.9. The van der Waals surface area contributed by atoms with Crippen molar-refractivity contribution in [2.75, 3.05) is 11.1 Å². The lowest BCUT2D eigenvalue weighted by Crippen LogP contribution is -2.11. The number of furan rings is 1. The SMILES string of the molecule is Cl.Nc1ccc(NC(=O)c2cc3ccccc3o2)cn1. The highest BCUT2D eigenvalue weighted by Crippen LogP contribution is 2.19. The van der Waals surface area contributed by atoms with Crippen molar-refractivity contribution in [2.24, 2.45) is 0 Å². The molecule has 5 nitrogen and oxygen atoms in total. The maximum Gasteiger partial charge on any atom is 0.291 e. The zero-order valence-electron chi connectivity index (χ0n) is 10.4. The van der Waals surface area contributed by atoms with Gasteiger partial charge in [-0.3, -0.25) is 4.79 Å². The number of halogens is 1. The number of aromatic nitrogens is 1. The van der Waals surface area contributed by atoms with E-state index < -0.39 is 0 Å². The third-order valence-electron chi connectivity index (χ3n) is 2.69. The number of nitrogen functional groups attached to an aromatic ring is 1. The number of hydrogen-bond acceptors (Lipinski definition) is 4. The minimum Gasteiger partial charge on any atom is -0.451 e. The molecule has 0 bridgehead atoms. The highest BCUT2D eigenvalue weighted by atomic mass is 35.5. The van der Waals surface area contributed by atoms with Crippen LogP contribution in [0.4, 0.5) is 11.5 Å². The molecule has 0 atom stereocenters. The lowest BCUT2D eigenvalue weighted by molar-refractivity contribution is 0.0998. The van der Waals surface area contributed by atoms with Crippen LogP contribution in [0.5, 0.6) is 0 Å². The van der Waals surface area contributed by atoms with Crippen LogP contribution in [0, 0.1) is 0 Å². The van der Waals surface area contributed by atoms with Crippen LogP contribution in [0.15, 0.2) is 53.1 Å². The molecule has 0 aliphatic carbocycles. The van der Waals surface area contributed by atoms with E-state index in [1.807, 2.05) is 24.3 Å². The fourth-order valence-corrected chi connectivity index (χ4v) is 1.77. The average molecular weight is 290 g/mol. The summed E-state index contributed by atoms with van der Waals surface area (Å²) < 4.78 is 5.47. The van der Waals surface area contributed by atoms with Crippen LogP contribution < -0.4 is 11.1 Å². The summed E-state index contributed by atoms with van der Waals surface area (Å²) in [5.41, 5.74) is 6.73. The number of carbonyl (C=O) groups excluding carboxylic acids is 1. The molecular weight excluding hydrogens is 278 g/mol. The molecule has 0 aliphatic rings. The highest BCUT2D eigenvalue weighted by Gasteiger charge is 2.12. The maximum absolute atomic E-state index is 12.0. The Morgan fingerprint density at radius 3 is 2.70 bits per heavy atom. The van der Waals surface area contributed by atoms with E-state index in [1.165, 1.54) is 6.20 Å². The molecule has 1 amide bonds. The van der Waals surface area contributed by atoms with Gasteiger partial charge in [0.1, 0.15) is 11.4 Å². The average Bonchev–Trinajstić information content (AvgIpc) is 2.85. The summed E-state index contributed by atoms with van der Waals surface area (Å²) >= 11 is 0. The van der Waals surface area contributed by atoms with Gasteiger partial charge in [-0.1, -0.05) is 18.2 Å². The number of nitrogens with one attached hydrogen (secondary N) is 1. The Kier molecular flexibility index (Phi) is 3.91. The molecule has 2 heterocycles. The van der Waals surface area contributed by atoms with Crippen molar-refractivity contribution in [3.05, 3.63) is 54.4 Å². The lowest BCUT2D eigenvalue weighted by Gasteiger charge is -2.02. The Bertz CT molecular complexity index is 705. The Hall–Kier alpha value is -2.53. The predicted octanol–water partition coefficient (Wildman–Crippen LogP) is 3.08. The molecule has 20 heavy (non-hydrogen) atoms. The smallest absolute Gasteiger partial charge is 0.291 e. The number of anilines is 2. The number of carbonyl (C=O) groups is 1. The van der Waals surface area contributed by atoms with Crippen LogP contribution in [-0.2, 0) is 0 Å². The molecule has 6 heteroatoms. The van der Waals surface area contributed by atoms with Crippen molar-refractivity contribution in [1.29, 1.82) is 0 Å². The third kappa shape index (κ3) is 2.73. The van der Waals surface area contributed by atoms with E-state index in [9.17, 15) is 4.79 Å². The third-order valence-corrected chi connectivity index (χ3v) is 2.69. The molecule has 0 radical (unpaired) electrons. The molecule has 3 N–H and O–H groups in total. The van der Waals surface area contributed by atoms with E-state index >= 15 is 0 Å². The number of nitrogens with zero attached hydrogens (tertiary/aromatic N) is 1. The molecule has 3 aromatic rings. The summed E-state index contributed by atoms with van der Waals surface area (Å²) in [4.78, 5) is 15.9. The summed E-state index contributed by atoms with van der Waals surface area (Å²) in [6.45, 7) is 0. The van der Waals surface area contributed by atoms with Gasteiger partial charge in [-0.05, 0) is 24.3 Å². The van der Waals surface area contributed by atoms with Crippen LogP contribution in [0.3, 0.4) is 0 Å². The number of hydrogen-bond donors (Lipinski definition) is 2. The quantitative estimate of drug-likeness (QED) is 0.759.